The van der Waals surface area contributed by atoms with Crippen molar-refractivity contribution in [2.45, 2.75) is 22.6 Å². The van der Waals surface area contributed by atoms with Crippen LogP contribution in [-0.4, -0.2) is 10.9 Å². The molecule has 0 aromatic heterocycles. The van der Waals surface area contributed by atoms with Gasteiger partial charge in [-0.2, -0.15) is 0 Å². The van der Waals surface area contributed by atoms with E-state index in [2.05, 4.69) is 0 Å². The fourth-order valence-corrected chi connectivity index (χ4v) is 4.63. The van der Waals surface area contributed by atoms with Gasteiger partial charge in [0.05, 0.1) is 0 Å². The van der Waals surface area contributed by atoms with Crippen molar-refractivity contribution in [1.29, 1.82) is 0 Å². The van der Waals surface area contributed by atoms with Gasteiger partial charge < -0.3 is 5.11 Å². The van der Waals surface area contributed by atoms with Crippen LogP contribution in [0.25, 0.3) is 5.76 Å². The van der Waals surface area contributed by atoms with Gasteiger partial charge in [-0.25, -0.2) is 4.39 Å². The smallest absolute Gasteiger partial charge is 0.160 e. The quantitative estimate of drug-likeness (QED) is 0.451. The van der Waals surface area contributed by atoms with E-state index in [4.69, 9.17) is 0 Å². The van der Waals surface area contributed by atoms with Crippen molar-refractivity contribution in [3.05, 3.63) is 101 Å². The Hall–Kier alpha value is -2.85. The summed E-state index contributed by atoms with van der Waals surface area (Å²) < 4.78 is 13.3. The summed E-state index contributed by atoms with van der Waals surface area (Å²) >= 11 is 1.66. The van der Waals surface area contributed by atoms with Crippen molar-refractivity contribution >= 4 is 23.3 Å². The molecule has 0 saturated carbocycles. The van der Waals surface area contributed by atoms with E-state index in [1.165, 1.54) is 31.2 Å². The van der Waals surface area contributed by atoms with Crippen molar-refractivity contribution < 1.29 is 14.3 Å². The highest BCUT2D eigenvalue weighted by atomic mass is 32.2. The zero-order valence-electron chi connectivity index (χ0n) is 14.6. The molecular formula is C23H17FO2S. The van der Waals surface area contributed by atoms with Crippen LogP contribution in [0.3, 0.4) is 0 Å². The zero-order valence-corrected chi connectivity index (χ0v) is 15.5. The third-order valence-electron chi connectivity index (χ3n) is 4.72. The summed E-state index contributed by atoms with van der Waals surface area (Å²) in [6.45, 7) is 1.46. The number of carbonyl (C=O) groups is 1. The van der Waals surface area contributed by atoms with Crippen LogP contribution in [0.5, 0.6) is 0 Å². The molecule has 1 N–H and O–H groups in total. The van der Waals surface area contributed by atoms with Gasteiger partial charge in [0.15, 0.2) is 5.78 Å². The maximum atomic E-state index is 13.3. The number of ketones is 1. The maximum Gasteiger partial charge on any atom is 0.160 e. The van der Waals surface area contributed by atoms with Gasteiger partial charge in [0.2, 0.25) is 0 Å². The summed E-state index contributed by atoms with van der Waals surface area (Å²) in [6, 6.07) is 21.4. The minimum Gasteiger partial charge on any atom is -0.507 e. The molecule has 2 nitrogen and oxygen atoms in total. The van der Waals surface area contributed by atoms with Crippen LogP contribution in [0.1, 0.15) is 29.5 Å². The van der Waals surface area contributed by atoms with Crippen LogP contribution >= 0.6 is 11.8 Å². The van der Waals surface area contributed by atoms with E-state index in [0.29, 0.717) is 11.1 Å². The highest BCUT2D eigenvalue weighted by molar-refractivity contribution is 7.99. The Morgan fingerprint density at radius 3 is 1.93 bits per heavy atom. The molecule has 0 fully saturated rings. The Kier molecular flexibility index (Phi) is 4.58. The third-order valence-corrected chi connectivity index (χ3v) is 5.90. The van der Waals surface area contributed by atoms with Gasteiger partial charge in [0.25, 0.3) is 0 Å². The lowest BCUT2D eigenvalue weighted by molar-refractivity contribution is -0.113. The molecule has 0 radical (unpaired) electrons. The number of fused-ring (bicyclic) bond motifs is 2. The lowest BCUT2D eigenvalue weighted by atomic mass is 9.81. The molecule has 1 aliphatic heterocycles. The molecule has 134 valence electrons. The number of halogens is 1. The number of benzene rings is 3. The number of Topliss-reactive ketones (excluding diaryl/α,β-unsaturated/α-hetero) is 1. The Morgan fingerprint density at radius 2 is 1.41 bits per heavy atom. The molecule has 1 aliphatic rings. The first-order chi connectivity index (χ1) is 13.1. The number of hydrogen-bond acceptors (Lipinski definition) is 3. The van der Waals surface area contributed by atoms with Crippen molar-refractivity contribution in [2.75, 3.05) is 0 Å². The Morgan fingerprint density at radius 1 is 0.889 bits per heavy atom. The van der Waals surface area contributed by atoms with Gasteiger partial charge in [0, 0.05) is 26.8 Å². The van der Waals surface area contributed by atoms with Gasteiger partial charge in [0.1, 0.15) is 11.6 Å². The molecule has 0 saturated heterocycles. The SMILES string of the molecule is CC(=O)/C(=C(/O)c1ccc(F)cc1)C1c2ccccc2Sc2ccccc21. The predicted molar refractivity (Wildman–Crippen MR) is 105 cm³/mol. The summed E-state index contributed by atoms with van der Waals surface area (Å²) in [5.41, 5.74) is 2.72. The van der Waals surface area contributed by atoms with E-state index in [0.717, 1.165) is 20.9 Å². The van der Waals surface area contributed by atoms with Crippen LogP contribution < -0.4 is 0 Å². The van der Waals surface area contributed by atoms with Gasteiger partial charge in [-0.1, -0.05) is 48.2 Å². The number of rotatable bonds is 3. The normalized spacial score (nSPS) is 14.1. The number of hydrogen-bond donors (Lipinski definition) is 1. The second kappa shape index (κ2) is 7.05. The summed E-state index contributed by atoms with van der Waals surface area (Å²) in [5, 5.41) is 11.0. The maximum absolute atomic E-state index is 13.3. The van der Waals surface area contributed by atoms with E-state index in [1.54, 1.807) is 11.8 Å². The van der Waals surface area contributed by atoms with Crippen LogP contribution in [0.15, 0.2) is 88.2 Å². The third kappa shape index (κ3) is 3.17. The van der Waals surface area contributed by atoms with Crippen molar-refractivity contribution in [3.63, 3.8) is 0 Å². The topological polar surface area (TPSA) is 37.3 Å². The van der Waals surface area contributed by atoms with Gasteiger partial charge in [-0.05, 0) is 54.4 Å². The summed E-state index contributed by atoms with van der Waals surface area (Å²) in [6.07, 6.45) is 0. The minimum atomic E-state index is -0.388. The molecule has 3 aromatic carbocycles. The van der Waals surface area contributed by atoms with E-state index >= 15 is 0 Å². The van der Waals surface area contributed by atoms with Gasteiger partial charge in [-0.3, -0.25) is 4.79 Å². The first kappa shape index (κ1) is 17.6. The molecule has 27 heavy (non-hydrogen) atoms. The number of allylic oxidation sites excluding steroid dienone is 1. The lowest BCUT2D eigenvalue weighted by Gasteiger charge is -2.29. The molecule has 0 aliphatic carbocycles. The molecule has 0 bridgehead atoms. The molecular weight excluding hydrogens is 359 g/mol. The average molecular weight is 376 g/mol. The Balaban J connectivity index is 1.98. The highest BCUT2D eigenvalue weighted by Gasteiger charge is 2.33. The second-order valence-electron chi connectivity index (χ2n) is 6.44. The summed E-state index contributed by atoms with van der Waals surface area (Å²) in [7, 11) is 0. The second-order valence-corrected chi connectivity index (χ2v) is 7.52. The monoisotopic (exact) mass is 376 g/mol. The fourth-order valence-electron chi connectivity index (χ4n) is 3.49. The van der Waals surface area contributed by atoms with Crippen LogP contribution in [0.4, 0.5) is 4.39 Å². The molecule has 1 heterocycles. The first-order valence-corrected chi connectivity index (χ1v) is 9.43. The minimum absolute atomic E-state index is 0.107. The molecule has 0 atom stereocenters. The van der Waals surface area contributed by atoms with Gasteiger partial charge >= 0.3 is 0 Å². The Labute approximate surface area is 161 Å². The van der Waals surface area contributed by atoms with E-state index < -0.39 is 0 Å². The number of aliphatic hydroxyl groups excluding tert-OH is 1. The molecule has 4 heteroatoms. The highest BCUT2D eigenvalue weighted by Crippen LogP contribution is 2.49. The van der Waals surface area contributed by atoms with Crippen LogP contribution in [0.2, 0.25) is 0 Å². The predicted octanol–water partition coefficient (Wildman–Crippen LogP) is 5.98. The fraction of sp³-hybridized carbons (Fsp3) is 0.0870. The molecule has 0 unspecified atom stereocenters. The molecule has 3 aromatic rings. The van der Waals surface area contributed by atoms with E-state index in [9.17, 15) is 14.3 Å². The number of aliphatic hydroxyl groups is 1. The van der Waals surface area contributed by atoms with Crippen molar-refractivity contribution in [3.8, 4) is 0 Å². The van der Waals surface area contributed by atoms with Gasteiger partial charge in [-0.15, -0.1) is 0 Å². The van der Waals surface area contributed by atoms with E-state index in [1.807, 2.05) is 48.5 Å². The zero-order chi connectivity index (χ0) is 19.0. The first-order valence-electron chi connectivity index (χ1n) is 8.62. The van der Waals surface area contributed by atoms with Crippen molar-refractivity contribution in [1.82, 2.24) is 0 Å². The van der Waals surface area contributed by atoms with E-state index in [-0.39, 0.29) is 23.3 Å². The number of carbonyl (C=O) groups excluding carboxylic acids is 1. The molecule has 0 amide bonds. The largest absolute Gasteiger partial charge is 0.507 e. The lowest BCUT2D eigenvalue weighted by Crippen LogP contribution is -2.17. The molecule has 4 rings (SSSR count). The van der Waals surface area contributed by atoms with Crippen LogP contribution in [0, 0.1) is 5.82 Å². The molecule has 0 spiro atoms. The summed E-state index contributed by atoms with van der Waals surface area (Å²) in [5.74, 6) is -1.08. The van der Waals surface area contributed by atoms with Crippen LogP contribution in [-0.2, 0) is 4.79 Å². The van der Waals surface area contributed by atoms with Crippen molar-refractivity contribution in [2.24, 2.45) is 0 Å². The summed E-state index contributed by atoms with van der Waals surface area (Å²) in [4.78, 5) is 14.8. The standard InChI is InChI=1S/C23H17FO2S/c1-14(25)21(23(26)15-10-12-16(24)13-11-15)22-17-6-2-4-8-19(17)27-20-9-5-3-7-18(20)22/h2-13,22,26H,1H3/b23-21-. The average Bonchev–Trinajstić information content (AvgIpc) is 2.68. The Bertz CT molecular complexity index is 1010.